The van der Waals surface area contributed by atoms with Gasteiger partial charge >= 0.3 is 0 Å². The number of carbonyl (C=O) groups excluding carboxylic acids is 1. The minimum Gasteiger partial charge on any atom is -0.486 e. The predicted molar refractivity (Wildman–Crippen MR) is 73.2 cm³/mol. The van der Waals surface area contributed by atoms with Gasteiger partial charge in [0, 0.05) is 6.07 Å². The van der Waals surface area contributed by atoms with E-state index in [1.165, 1.54) is 6.07 Å². The van der Waals surface area contributed by atoms with Crippen molar-refractivity contribution in [2.24, 2.45) is 5.84 Å². The highest BCUT2D eigenvalue weighted by atomic mass is 19.1. The molecule has 0 atom stereocenters. The molecular weight excluding hydrogens is 278 g/mol. The van der Waals surface area contributed by atoms with E-state index in [1.54, 1.807) is 24.3 Å². The Hall–Kier alpha value is -2.47. The lowest BCUT2D eigenvalue weighted by molar-refractivity contribution is -0.120. The lowest BCUT2D eigenvalue weighted by atomic mass is 10.1. The second kappa shape index (κ2) is 6.81. The number of hydrazine groups is 1. The zero-order valence-electron chi connectivity index (χ0n) is 11.1. The number of ether oxygens (including phenoxy) is 1. The Morgan fingerprint density at radius 1 is 1.14 bits per heavy atom. The second-order valence-electron chi connectivity index (χ2n) is 4.38. The predicted octanol–water partition coefficient (Wildman–Crippen LogP) is 2.08. The number of carbonyl (C=O) groups is 1. The van der Waals surface area contributed by atoms with E-state index in [4.69, 9.17) is 10.6 Å². The first-order chi connectivity index (χ1) is 10.1. The molecule has 0 fully saturated rings. The third-order valence-electron chi connectivity index (χ3n) is 2.91. The molecule has 0 aliphatic heterocycles. The zero-order valence-corrected chi connectivity index (χ0v) is 11.1. The van der Waals surface area contributed by atoms with Crippen molar-refractivity contribution in [2.75, 3.05) is 0 Å². The molecule has 0 saturated heterocycles. The van der Waals surface area contributed by atoms with Crippen LogP contribution in [-0.4, -0.2) is 5.91 Å². The van der Waals surface area contributed by atoms with Crippen LogP contribution in [0.25, 0.3) is 0 Å². The van der Waals surface area contributed by atoms with E-state index < -0.39 is 11.6 Å². The number of hydrogen-bond acceptors (Lipinski definition) is 3. The molecule has 0 aliphatic carbocycles. The summed E-state index contributed by atoms with van der Waals surface area (Å²) in [7, 11) is 0. The molecule has 1 amide bonds. The smallest absolute Gasteiger partial charge is 0.238 e. The van der Waals surface area contributed by atoms with Gasteiger partial charge in [0.05, 0.1) is 6.42 Å². The first-order valence-electron chi connectivity index (χ1n) is 6.24. The Balaban J connectivity index is 2.11. The molecule has 0 saturated carbocycles. The topological polar surface area (TPSA) is 64.3 Å². The molecule has 0 radical (unpaired) electrons. The Morgan fingerprint density at radius 3 is 2.52 bits per heavy atom. The van der Waals surface area contributed by atoms with Gasteiger partial charge in [0.15, 0.2) is 11.6 Å². The minimum absolute atomic E-state index is 0.0468. The molecule has 21 heavy (non-hydrogen) atoms. The number of benzene rings is 2. The van der Waals surface area contributed by atoms with Crippen LogP contribution < -0.4 is 16.0 Å². The van der Waals surface area contributed by atoms with Gasteiger partial charge in [0.25, 0.3) is 0 Å². The third kappa shape index (κ3) is 4.00. The third-order valence-corrected chi connectivity index (χ3v) is 2.91. The van der Waals surface area contributed by atoms with E-state index in [9.17, 15) is 13.6 Å². The van der Waals surface area contributed by atoms with Gasteiger partial charge in [-0.3, -0.25) is 10.2 Å². The van der Waals surface area contributed by atoms with Crippen LogP contribution in [0.5, 0.6) is 5.75 Å². The normalized spacial score (nSPS) is 10.2. The highest BCUT2D eigenvalue weighted by Gasteiger charge is 2.09. The van der Waals surface area contributed by atoms with Gasteiger partial charge in [-0.05, 0) is 23.3 Å². The van der Waals surface area contributed by atoms with Crippen LogP contribution in [0.3, 0.4) is 0 Å². The van der Waals surface area contributed by atoms with Crippen LogP contribution in [0.2, 0.25) is 0 Å². The van der Waals surface area contributed by atoms with Crippen molar-refractivity contribution >= 4 is 5.91 Å². The Bertz CT molecular complexity index is 647. The van der Waals surface area contributed by atoms with Crippen LogP contribution in [-0.2, 0) is 17.8 Å². The molecule has 0 bridgehead atoms. The van der Waals surface area contributed by atoms with Crippen molar-refractivity contribution in [3.05, 3.63) is 65.2 Å². The zero-order chi connectivity index (χ0) is 15.2. The molecule has 6 heteroatoms. The molecule has 0 heterocycles. The van der Waals surface area contributed by atoms with Crippen LogP contribution in [0, 0.1) is 11.6 Å². The standard InChI is InChI=1S/C15H14F2N2O2/c16-12-5-6-14(13(17)8-12)21-9-11-4-2-1-3-10(11)7-15(20)19-18/h1-6,8H,7,9,18H2,(H,19,20). The van der Waals surface area contributed by atoms with Crippen LogP contribution in [0.1, 0.15) is 11.1 Å². The second-order valence-corrected chi connectivity index (χ2v) is 4.38. The average molecular weight is 292 g/mol. The summed E-state index contributed by atoms with van der Waals surface area (Å²) in [6, 6.07) is 10.2. The molecular formula is C15H14F2N2O2. The molecule has 0 spiro atoms. The first kappa shape index (κ1) is 14.9. The first-order valence-corrected chi connectivity index (χ1v) is 6.24. The Labute approximate surface area is 120 Å². The monoisotopic (exact) mass is 292 g/mol. The summed E-state index contributed by atoms with van der Waals surface area (Å²) in [4.78, 5) is 11.3. The van der Waals surface area contributed by atoms with E-state index >= 15 is 0 Å². The maximum Gasteiger partial charge on any atom is 0.238 e. The summed E-state index contributed by atoms with van der Waals surface area (Å²) in [6.45, 7) is 0.0660. The Kier molecular flexibility index (Phi) is 4.84. The van der Waals surface area contributed by atoms with Crippen molar-refractivity contribution in [3.63, 3.8) is 0 Å². The van der Waals surface area contributed by atoms with Crippen LogP contribution in [0.4, 0.5) is 8.78 Å². The van der Waals surface area contributed by atoms with E-state index in [2.05, 4.69) is 0 Å². The van der Waals surface area contributed by atoms with Gasteiger partial charge in [-0.15, -0.1) is 0 Å². The molecule has 0 aliphatic rings. The maximum absolute atomic E-state index is 13.5. The van der Waals surface area contributed by atoms with Crippen LogP contribution >= 0.6 is 0 Å². The molecule has 0 aromatic heterocycles. The van der Waals surface area contributed by atoms with E-state index in [-0.39, 0.29) is 24.7 Å². The lowest BCUT2D eigenvalue weighted by Gasteiger charge is -2.11. The summed E-state index contributed by atoms with van der Waals surface area (Å²) in [6.07, 6.45) is 0.0991. The number of nitrogens with one attached hydrogen (secondary N) is 1. The fourth-order valence-electron chi connectivity index (χ4n) is 1.84. The fraction of sp³-hybridized carbons (Fsp3) is 0.133. The van der Waals surface area contributed by atoms with Gasteiger partial charge in [0.2, 0.25) is 5.91 Å². The number of hydrogen-bond donors (Lipinski definition) is 2. The molecule has 110 valence electrons. The largest absolute Gasteiger partial charge is 0.486 e. The molecule has 4 nitrogen and oxygen atoms in total. The highest BCUT2D eigenvalue weighted by molar-refractivity contribution is 5.78. The van der Waals surface area contributed by atoms with Crippen molar-refractivity contribution in [2.45, 2.75) is 13.0 Å². The maximum atomic E-state index is 13.5. The number of halogens is 2. The molecule has 2 rings (SSSR count). The Morgan fingerprint density at radius 2 is 1.86 bits per heavy atom. The van der Waals surface area contributed by atoms with Gasteiger partial charge < -0.3 is 4.74 Å². The average Bonchev–Trinajstić information content (AvgIpc) is 2.47. The number of rotatable bonds is 5. The fourth-order valence-corrected chi connectivity index (χ4v) is 1.84. The quantitative estimate of drug-likeness (QED) is 0.504. The van der Waals surface area contributed by atoms with Gasteiger partial charge in [-0.25, -0.2) is 14.6 Å². The van der Waals surface area contributed by atoms with E-state index in [0.29, 0.717) is 0 Å². The van der Waals surface area contributed by atoms with Crippen molar-refractivity contribution in [1.82, 2.24) is 5.43 Å². The van der Waals surface area contributed by atoms with Crippen molar-refractivity contribution in [1.29, 1.82) is 0 Å². The van der Waals surface area contributed by atoms with E-state index in [1.807, 2.05) is 5.43 Å². The molecule has 3 N–H and O–H groups in total. The SMILES string of the molecule is NNC(=O)Cc1ccccc1COc1ccc(F)cc1F. The van der Waals surface area contributed by atoms with Gasteiger partial charge in [-0.2, -0.15) is 0 Å². The number of amides is 1. The summed E-state index contributed by atoms with van der Waals surface area (Å²) < 4.78 is 31.6. The van der Waals surface area contributed by atoms with Crippen molar-refractivity contribution < 1.29 is 18.3 Å². The highest BCUT2D eigenvalue weighted by Crippen LogP contribution is 2.20. The summed E-state index contributed by atoms with van der Waals surface area (Å²) >= 11 is 0. The van der Waals surface area contributed by atoms with Gasteiger partial charge in [0.1, 0.15) is 12.4 Å². The summed E-state index contributed by atoms with van der Waals surface area (Å²) in [5, 5.41) is 0. The van der Waals surface area contributed by atoms with Crippen molar-refractivity contribution in [3.8, 4) is 5.75 Å². The molecule has 0 unspecified atom stereocenters. The van der Waals surface area contributed by atoms with Gasteiger partial charge in [-0.1, -0.05) is 24.3 Å². The minimum atomic E-state index is -0.771. The molecule has 2 aromatic rings. The summed E-state index contributed by atoms with van der Waals surface area (Å²) in [5.74, 6) is 3.23. The number of nitrogens with two attached hydrogens (primary N) is 1. The lowest BCUT2D eigenvalue weighted by Crippen LogP contribution is -2.31. The summed E-state index contributed by atoms with van der Waals surface area (Å²) in [5.41, 5.74) is 3.50. The van der Waals surface area contributed by atoms with E-state index in [0.717, 1.165) is 23.3 Å². The molecule has 2 aromatic carbocycles. The van der Waals surface area contributed by atoms with Crippen LogP contribution in [0.15, 0.2) is 42.5 Å².